The Labute approximate surface area is 109 Å². The maximum atomic E-state index is 12.0. The van der Waals surface area contributed by atoms with Gasteiger partial charge in [0.2, 0.25) is 0 Å². The number of ether oxygens (including phenoxy) is 1. The topological polar surface area (TPSA) is 54.5 Å². The Balaban J connectivity index is 2.78. The highest BCUT2D eigenvalue weighted by molar-refractivity contribution is 7.98. The highest BCUT2D eigenvalue weighted by Crippen LogP contribution is 2.31. The van der Waals surface area contributed by atoms with Gasteiger partial charge >= 0.3 is 5.97 Å². The van der Waals surface area contributed by atoms with E-state index in [-0.39, 0.29) is 0 Å². The Hall–Kier alpha value is -1.93. The van der Waals surface area contributed by atoms with Crippen LogP contribution in [-0.2, 0) is 4.74 Å². The smallest absolute Gasteiger partial charge is 0.356 e. The minimum atomic E-state index is -0.399. The first-order valence-corrected chi connectivity index (χ1v) is 6.71. The van der Waals surface area contributed by atoms with E-state index >= 15 is 0 Å². The predicted molar refractivity (Wildman–Crippen MR) is 69.8 cm³/mol. The summed E-state index contributed by atoms with van der Waals surface area (Å²) in [5, 5.41) is 9.24. The first-order chi connectivity index (χ1) is 8.74. The van der Waals surface area contributed by atoms with E-state index in [2.05, 4.69) is 6.07 Å². The van der Waals surface area contributed by atoms with Crippen molar-refractivity contribution in [3.63, 3.8) is 0 Å². The minimum absolute atomic E-state index is 0.314. The summed E-state index contributed by atoms with van der Waals surface area (Å²) in [4.78, 5) is 12.7. The molecule has 0 spiro atoms. The standard InChI is InChI=1S/C13H12N2O2S/c1-3-17-13(16)11-12(18-2)9(8-14)10-6-4-5-7-15(10)11/h4-7H,3H2,1-2H3. The van der Waals surface area contributed by atoms with Gasteiger partial charge in [-0.15, -0.1) is 11.8 Å². The van der Waals surface area contributed by atoms with Gasteiger partial charge in [-0.3, -0.25) is 0 Å². The fourth-order valence-electron chi connectivity index (χ4n) is 1.88. The van der Waals surface area contributed by atoms with E-state index in [1.807, 2.05) is 24.5 Å². The Morgan fingerprint density at radius 3 is 2.94 bits per heavy atom. The molecule has 0 aliphatic heterocycles. The SMILES string of the molecule is CCOC(=O)c1c(SC)c(C#N)c2ccccn12. The normalized spacial score (nSPS) is 10.3. The summed E-state index contributed by atoms with van der Waals surface area (Å²) in [5.41, 5.74) is 1.68. The molecule has 4 nitrogen and oxygen atoms in total. The molecule has 0 saturated heterocycles. The van der Waals surface area contributed by atoms with Gasteiger partial charge in [0.15, 0.2) is 0 Å². The molecule has 0 N–H and O–H groups in total. The van der Waals surface area contributed by atoms with Crippen LogP contribution < -0.4 is 0 Å². The number of rotatable bonds is 3. The number of fused-ring (bicyclic) bond motifs is 1. The molecule has 0 aromatic carbocycles. The summed E-state index contributed by atoms with van der Waals surface area (Å²) in [6, 6.07) is 7.64. The highest BCUT2D eigenvalue weighted by Gasteiger charge is 2.23. The maximum Gasteiger partial charge on any atom is 0.356 e. The summed E-state index contributed by atoms with van der Waals surface area (Å²) in [7, 11) is 0. The quantitative estimate of drug-likeness (QED) is 0.629. The Kier molecular flexibility index (Phi) is 3.58. The van der Waals surface area contributed by atoms with Crippen molar-refractivity contribution in [2.24, 2.45) is 0 Å². The Bertz CT molecular complexity index is 640. The average Bonchev–Trinajstić information content (AvgIpc) is 2.72. The van der Waals surface area contributed by atoms with Gasteiger partial charge in [0, 0.05) is 6.20 Å². The lowest BCUT2D eigenvalue weighted by atomic mass is 10.2. The van der Waals surface area contributed by atoms with Crippen LogP contribution >= 0.6 is 11.8 Å². The first-order valence-electron chi connectivity index (χ1n) is 5.48. The van der Waals surface area contributed by atoms with Crippen molar-refractivity contribution in [3.05, 3.63) is 35.7 Å². The maximum absolute atomic E-state index is 12.0. The van der Waals surface area contributed by atoms with Crippen LogP contribution in [-0.4, -0.2) is 23.2 Å². The van der Waals surface area contributed by atoms with Crippen LogP contribution in [0.3, 0.4) is 0 Å². The molecule has 0 radical (unpaired) electrons. The fraction of sp³-hybridized carbons (Fsp3) is 0.231. The summed E-state index contributed by atoms with van der Waals surface area (Å²) in [6.45, 7) is 2.08. The monoisotopic (exact) mass is 260 g/mol. The molecular weight excluding hydrogens is 248 g/mol. The number of hydrogen-bond donors (Lipinski definition) is 0. The Morgan fingerprint density at radius 2 is 2.33 bits per heavy atom. The zero-order valence-corrected chi connectivity index (χ0v) is 11.0. The third-order valence-electron chi connectivity index (χ3n) is 2.58. The third-order valence-corrected chi connectivity index (χ3v) is 3.39. The molecule has 2 heterocycles. The number of carbonyl (C=O) groups excluding carboxylic acids is 1. The van der Waals surface area contributed by atoms with Crippen molar-refractivity contribution in [1.29, 1.82) is 5.26 Å². The van der Waals surface area contributed by atoms with E-state index in [4.69, 9.17) is 4.74 Å². The third kappa shape index (κ3) is 1.85. The first kappa shape index (κ1) is 12.5. The molecule has 0 atom stereocenters. The number of pyridine rings is 1. The summed E-state index contributed by atoms with van der Waals surface area (Å²) in [5.74, 6) is -0.399. The number of thioether (sulfide) groups is 1. The molecule has 0 saturated carbocycles. The number of carbonyl (C=O) groups is 1. The van der Waals surface area contributed by atoms with Crippen molar-refractivity contribution in [1.82, 2.24) is 4.40 Å². The van der Waals surface area contributed by atoms with Crippen LogP contribution in [0.25, 0.3) is 5.52 Å². The van der Waals surface area contributed by atoms with Gasteiger partial charge in [-0.05, 0) is 25.3 Å². The number of nitrogens with zero attached hydrogens (tertiary/aromatic N) is 2. The van der Waals surface area contributed by atoms with Gasteiger partial charge in [-0.1, -0.05) is 6.07 Å². The second-order valence-corrected chi connectivity index (χ2v) is 4.36. The molecular formula is C13H12N2O2S. The van der Waals surface area contributed by atoms with Crippen molar-refractivity contribution >= 4 is 23.2 Å². The second-order valence-electron chi connectivity index (χ2n) is 3.55. The summed E-state index contributed by atoms with van der Waals surface area (Å²) in [6.07, 6.45) is 3.61. The second kappa shape index (κ2) is 5.15. The molecule has 0 aliphatic rings. The molecule has 0 aliphatic carbocycles. The van der Waals surface area contributed by atoms with Gasteiger partial charge < -0.3 is 9.14 Å². The minimum Gasteiger partial charge on any atom is -0.461 e. The van der Waals surface area contributed by atoms with Gasteiger partial charge in [0.25, 0.3) is 0 Å². The van der Waals surface area contributed by atoms with Gasteiger partial charge in [-0.2, -0.15) is 5.26 Å². The Morgan fingerprint density at radius 1 is 1.56 bits per heavy atom. The molecule has 0 amide bonds. The molecule has 5 heteroatoms. The lowest BCUT2D eigenvalue weighted by Crippen LogP contribution is -2.08. The van der Waals surface area contributed by atoms with Crippen molar-refractivity contribution in [2.45, 2.75) is 11.8 Å². The molecule has 2 rings (SSSR count). The molecule has 0 fully saturated rings. The average molecular weight is 260 g/mol. The molecule has 18 heavy (non-hydrogen) atoms. The van der Waals surface area contributed by atoms with E-state index in [1.54, 1.807) is 17.5 Å². The number of hydrogen-bond acceptors (Lipinski definition) is 4. The summed E-state index contributed by atoms with van der Waals surface area (Å²) >= 11 is 1.38. The van der Waals surface area contributed by atoms with Crippen LogP contribution in [0.1, 0.15) is 23.0 Å². The highest BCUT2D eigenvalue weighted by atomic mass is 32.2. The van der Waals surface area contributed by atoms with E-state index < -0.39 is 5.97 Å². The van der Waals surface area contributed by atoms with Crippen molar-refractivity contribution < 1.29 is 9.53 Å². The lowest BCUT2D eigenvalue weighted by molar-refractivity contribution is 0.0514. The molecule has 0 bridgehead atoms. The van der Waals surface area contributed by atoms with E-state index in [9.17, 15) is 10.1 Å². The van der Waals surface area contributed by atoms with Crippen molar-refractivity contribution in [2.75, 3.05) is 12.9 Å². The van der Waals surface area contributed by atoms with Crippen LogP contribution in [0.2, 0.25) is 0 Å². The number of aromatic nitrogens is 1. The summed E-state index contributed by atoms with van der Waals surface area (Å²) < 4.78 is 6.76. The van der Waals surface area contributed by atoms with Crippen LogP contribution in [0.15, 0.2) is 29.3 Å². The fourth-order valence-corrected chi connectivity index (χ4v) is 2.61. The molecule has 92 valence electrons. The van der Waals surface area contributed by atoms with Crippen LogP contribution in [0, 0.1) is 11.3 Å². The van der Waals surface area contributed by atoms with E-state index in [1.165, 1.54) is 11.8 Å². The molecule has 0 unspecified atom stereocenters. The van der Waals surface area contributed by atoms with Crippen LogP contribution in [0.4, 0.5) is 0 Å². The number of nitriles is 1. The lowest BCUT2D eigenvalue weighted by Gasteiger charge is -2.04. The van der Waals surface area contributed by atoms with Gasteiger partial charge in [0.1, 0.15) is 11.8 Å². The van der Waals surface area contributed by atoms with Crippen molar-refractivity contribution in [3.8, 4) is 6.07 Å². The predicted octanol–water partition coefficient (Wildman–Crippen LogP) is 2.71. The van der Waals surface area contributed by atoms with E-state index in [0.29, 0.717) is 22.8 Å². The van der Waals surface area contributed by atoms with Gasteiger partial charge in [-0.25, -0.2) is 4.79 Å². The zero-order chi connectivity index (χ0) is 13.1. The molecule has 2 aromatic heterocycles. The van der Waals surface area contributed by atoms with Gasteiger partial charge in [0.05, 0.1) is 22.6 Å². The molecule has 2 aromatic rings. The van der Waals surface area contributed by atoms with Crippen LogP contribution in [0.5, 0.6) is 0 Å². The zero-order valence-electron chi connectivity index (χ0n) is 10.1. The van der Waals surface area contributed by atoms with E-state index in [0.717, 1.165) is 5.52 Å². The largest absolute Gasteiger partial charge is 0.461 e. The number of esters is 1.